The predicted molar refractivity (Wildman–Crippen MR) is 82.3 cm³/mol. The summed E-state index contributed by atoms with van der Waals surface area (Å²) in [5, 5.41) is 7.51. The third-order valence-electron chi connectivity index (χ3n) is 4.15. The summed E-state index contributed by atoms with van der Waals surface area (Å²) in [7, 11) is 0. The van der Waals surface area contributed by atoms with E-state index >= 15 is 0 Å². The van der Waals surface area contributed by atoms with Crippen molar-refractivity contribution in [3.05, 3.63) is 33.5 Å². The Hall–Kier alpha value is -1.20. The Kier molecular flexibility index (Phi) is 4.17. The fourth-order valence-electron chi connectivity index (χ4n) is 2.97. The summed E-state index contributed by atoms with van der Waals surface area (Å²) in [6.07, 6.45) is 3.67. The maximum atomic E-state index is 4.44. The van der Waals surface area contributed by atoms with Crippen LogP contribution in [0.1, 0.15) is 40.7 Å². The van der Waals surface area contributed by atoms with Crippen LogP contribution < -0.4 is 0 Å². The molecule has 1 saturated heterocycles. The van der Waals surface area contributed by atoms with E-state index in [0.29, 0.717) is 5.92 Å². The molecule has 20 heavy (non-hydrogen) atoms. The number of likely N-dealkylation sites (tertiary alicyclic amines) is 1. The molecule has 0 radical (unpaired) electrons. The van der Waals surface area contributed by atoms with Gasteiger partial charge in [-0.15, -0.1) is 11.3 Å². The molecule has 108 valence electrons. The second-order valence-corrected chi connectivity index (χ2v) is 6.67. The van der Waals surface area contributed by atoms with Gasteiger partial charge in [0.25, 0.3) is 0 Å². The summed E-state index contributed by atoms with van der Waals surface area (Å²) >= 11 is 1.78. The standard InChI is InChI=1S/C15H22N4S/c1-11-8-14(18-17-11)13-4-3-6-19(9-13)7-5-15-12(2)16-10-20-15/h8,10,13H,3-7,9H2,1-2H3,(H,17,18)/t13-/m0/s1. The third-order valence-corrected chi connectivity index (χ3v) is 5.14. The van der Waals surface area contributed by atoms with Gasteiger partial charge < -0.3 is 4.90 Å². The summed E-state index contributed by atoms with van der Waals surface area (Å²) in [4.78, 5) is 8.35. The van der Waals surface area contributed by atoms with Crippen LogP contribution in [0.25, 0.3) is 0 Å². The SMILES string of the molecule is Cc1cc([C@H]2CCCN(CCc3scnc3C)C2)n[nH]1. The molecule has 0 spiro atoms. The van der Waals surface area contributed by atoms with E-state index in [1.165, 1.54) is 35.7 Å². The quantitative estimate of drug-likeness (QED) is 0.941. The Labute approximate surface area is 124 Å². The average molecular weight is 290 g/mol. The van der Waals surface area contributed by atoms with Gasteiger partial charge in [-0.2, -0.15) is 5.10 Å². The molecule has 5 heteroatoms. The molecule has 0 aromatic carbocycles. The van der Waals surface area contributed by atoms with Crippen molar-refractivity contribution < 1.29 is 0 Å². The molecule has 0 saturated carbocycles. The number of hydrogen-bond acceptors (Lipinski definition) is 4. The molecule has 1 fully saturated rings. The van der Waals surface area contributed by atoms with Crippen molar-refractivity contribution in [1.29, 1.82) is 0 Å². The first kappa shape index (κ1) is 13.8. The van der Waals surface area contributed by atoms with Crippen molar-refractivity contribution in [2.24, 2.45) is 0 Å². The first-order valence-electron chi connectivity index (χ1n) is 7.35. The highest BCUT2D eigenvalue weighted by Gasteiger charge is 2.23. The maximum absolute atomic E-state index is 4.44. The highest BCUT2D eigenvalue weighted by molar-refractivity contribution is 7.09. The first-order valence-corrected chi connectivity index (χ1v) is 8.23. The van der Waals surface area contributed by atoms with Gasteiger partial charge >= 0.3 is 0 Å². The van der Waals surface area contributed by atoms with Crippen LogP contribution in [-0.2, 0) is 6.42 Å². The predicted octanol–water partition coefficient (Wildman–Crippen LogP) is 2.91. The van der Waals surface area contributed by atoms with E-state index in [-0.39, 0.29) is 0 Å². The topological polar surface area (TPSA) is 44.8 Å². The molecule has 0 amide bonds. The van der Waals surface area contributed by atoms with Crippen molar-refractivity contribution in [1.82, 2.24) is 20.1 Å². The van der Waals surface area contributed by atoms with Crippen LogP contribution in [0, 0.1) is 13.8 Å². The van der Waals surface area contributed by atoms with Gasteiger partial charge in [-0.05, 0) is 45.7 Å². The van der Waals surface area contributed by atoms with E-state index in [0.717, 1.165) is 25.2 Å². The second-order valence-electron chi connectivity index (χ2n) is 5.73. The Bertz CT molecular complexity index is 560. The molecule has 2 aromatic rings. The highest BCUT2D eigenvalue weighted by Crippen LogP contribution is 2.26. The lowest BCUT2D eigenvalue weighted by molar-refractivity contribution is 0.208. The summed E-state index contributed by atoms with van der Waals surface area (Å²) in [5.41, 5.74) is 5.56. The molecule has 2 aromatic heterocycles. The van der Waals surface area contributed by atoms with Crippen LogP contribution in [-0.4, -0.2) is 39.7 Å². The molecule has 1 N–H and O–H groups in total. The maximum Gasteiger partial charge on any atom is 0.0797 e. The number of aromatic amines is 1. The minimum atomic E-state index is 0.594. The smallest absolute Gasteiger partial charge is 0.0797 e. The molecule has 3 heterocycles. The van der Waals surface area contributed by atoms with Crippen molar-refractivity contribution in [2.75, 3.05) is 19.6 Å². The number of thiazole rings is 1. The van der Waals surface area contributed by atoms with Gasteiger partial charge in [0.05, 0.1) is 16.9 Å². The number of H-pyrrole nitrogens is 1. The van der Waals surface area contributed by atoms with Crippen LogP contribution in [0.2, 0.25) is 0 Å². The van der Waals surface area contributed by atoms with E-state index in [1.54, 1.807) is 11.3 Å². The number of rotatable bonds is 4. The van der Waals surface area contributed by atoms with Crippen LogP contribution in [0.15, 0.2) is 11.6 Å². The van der Waals surface area contributed by atoms with Gasteiger partial charge in [-0.1, -0.05) is 0 Å². The number of nitrogens with one attached hydrogen (secondary N) is 1. The van der Waals surface area contributed by atoms with Gasteiger partial charge in [-0.25, -0.2) is 4.98 Å². The number of piperidine rings is 1. The average Bonchev–Trinajstić information content (AvgIpc) is 3.06. The lowest BCUT2D eigenvalue weighted by atomic mass is 9.94. The number of nitrogens with zero attached hydrogens (tertiary/aromatic N) is 3. The van der Waals surface area contributed by atoms with Gasteiger partial charge in [-0.3, -0.25) is 5.10 Å². The molecular weight excluding hydrogens is 268 g/mol. The fourth-order valence-corrected chi connectivity index (χ4v) is 3.74. The summed E-state index contributed by atoms with van der Waals surface area (Å²) in [6, 6.07) is 2.20. The van der Waals surface area contributed by atoms with Crippen molar-refractivity contribution in [3.8, 4) is 0 Å². The van der Waals surface area contributed by atoms with E-state index in [1.807, 2.05) is 5.51 Å². The van der Waals surface area contributed by atoms with E-state index in [2.05, 4.69) is 40.0 Å². The van der Waals surface area contributed by atoms with Crippen LogP contribution in [0.4, 0.5) is 0 Å². The molecule has 0 unspecified atom stereocenters. The summed E-state index contributed by atoms with van der Waals surface area (Å²) in [6.45, 7) is 7.68. The Morgan fingerprint density at radius 1 is 1.45 bits per heavy atom. The van der Waals surface area contributed by atoms with Crippen LogP contribution in [0.5, 0.6) is 0 Å². The van der Waals surface area contributed by atoms with Gasteiger partial charge in [0.2, 0.25) is 0 Å². The zero-order valence-corrected chi connectivity index (χ0v) is 13.0. The molecule has 1 aliphatic rings. The Balaban J connectivity index is 1.57. The monoisotopic (exact) mass is 290 g/mol. The third kappa shape index (κ3) is 3.10. The summed E-state index contributed by atoms with van der Waals surface area (Å²) in [5.74, 6) is 0.594. The molecule has 0 aliphatic carbocycles. The molecule has 0 bridgehead atoms. The number of hydrogen-bond donors (Lipinski definition) is 1. The molecule has 1 atom stereocenters. The van der Waals surface area contributed by atoms with E-state index in [9.17, 15) is 0 Å². The molecular formula is C15H22N4S. The van der Waals surface area contributed by atoms with Crippen molar-refractivity contribution >= 4 is 11.3 Å². The minimum absolute atomic E-state index is 0.594. The largest absolute Gasteiger partial charge is 0.302 e. The van der Waals surface area contributed by atoms with Crippen LogP contribution >= 0.6 is 11.3 Å². The van der Waals surface area contributed by atoms with Gasteiger partial charge in [0.15, 0.2) is 0 Å². The lowest BCUT2D eigenvalue weighted by Gasteiger charge is -2.31. The molecule has 4 nitrogen and oxygen atoms in total. The highest BCUT2D eigenvalue weighted by atomic mass is 32.1. The Morgan fingerprint density at radius 3 is 3.05 bits per heavy atom. The number of aromatic nitrogens is 3. The molecule has 3 rings (SSSR count). The second kappa shape index (κ2) is 6.06. The zero-order valence-electron chi connectivity index (χ0n) is 12.2. The summed E-state index contributed by atoms with van der Waals surface area (Å²) < 4.78 is 0. The number of aryl methyl sites for hydroxylation is 2. The first-order chi connectivity index (χ1) is 9.72. The zero-order chi connectivity index (χ0) is 13.9. The lowest BCUT2D eigenvalue weighted by Crippen LogP contribution is -2.35. The van der Waals surface area contributed by atoms with Crippen molar-refractivity contribution in [2.45, 2.75) is 39.0 Å². The van der Waals surface area contributed by atoms with Crippen molar-refractivity contribution in [3.63, 3.8) is 0 Å². The fraction of sp³-hybridized carbons (Fsp3) is 0.600. The van der Waals surface area contributed by atoms with E-state index < -0.39 is 0 Å². The van der Waals surface area contributed by atoms with Gasteiger partial charge in [0, 0.05) is 29.6 Å². The normalized spacial score (nSPS) is 20.4. The van der Waals surface area contributed by atoms with E-state index in [4.69, 9.17) is 0 Å². The van der Waals surface area contributed by atoms with Crippen LogP contribution in [0.3, 0.4) is 0 Å². The van der Waals surface area contributed by atoms with Gasteiger partial charge in [0.1, 0.15) is 0 Å². The molecule has 1 aliphatic heterocycles. The minimum Gasteiger partial charge on any atom is -0.302 e. The Morgan fingerprint density at radius 2 is 2.35 bits per heavy atom.